The fourth-order valence-electron chi connectivity index (χ4n) is 4.87. The van der Waals surface area contributed by atoms with E-state index >= 15 is 0 Å². The van der Waals surface area contributed by atoms with Crippen molar-refractivity contribution in [1.29, 1.82) is 0 Å². The van der Waals surface area contributed by atoms with Gasteiger partial charge in [-0.15, -0.1) is 0 Å². The van der Waals surface area contributed by atoms with Crippen LogP contribution in [0.25, 0.3) is 10.9 Å². The van der Waals surface area contributed by atoms with E-state index in [1.807, 2.05) is 57.7 Å². The molecule has 5 rings (SSSR count). The van der Waals surface area contributed by atoms with E-state index in [0.29, 0.717) is 37.5 Å². The number of aromatic nitrogens is 3. The summed E-state index contributed by atoms with van der Waals surface area (Å²) in [7, 11) is 1.95. The van der Waals surface area contributed by atoms with Gasteiger partial charge < -0.3 is 19.5 Å². The molecule has 0 saturated carbocycles. The van der Waals surface area contributed by atoms with Gasteiger partial charge in [0.05, 0.1) is 30.3 Å². The van der Waals surface area contributed by atoms with E-state index in [-0.39, 0.29) is 17.9 Å². The van der Waals surface area contributed by atoms with Crippen LogP contribution in [0.3, 0.4) is 0 Å². The van der Waals surface area contributed by atoms with Crippen molar-refractivity contribution in [1.82, 2.24) is 24.6 Å². The number of hydrogen-bond acceptors (Lipinski definition) is 4. The summed E-state index contributed by atoms with van der Waals surface area (Å²) in [5.41, 5.74) is 2.67. The number of carbonyl (C=O) groups is 2. The lowest BCUT2D eigenvalue weighted by Gasteiger charge is -2.33. The Morgan fingerprint density at radius 3 is 2.84 bits per heavy atom. The number of nitrogens with zero attached hydrogens (tertiary/aromatic N) is 4. The zero-order valence-corrected chi connectivity index (χ0v) is 18.4. The summed E-state index contributed by atoms with van der Waals surface area (Å²) < 4.78 is 9.28. The number of amides is 2. The molecule has 0 aliphatic carbocycles. The van der Waals surface area contributed by atoms with Gasteiger partial charge >= 0.3 is 0 Å². The van der Waals surface area contributed by atoms with Crippen LogP contribution in [-0.2, 0) is 23.1 Å². The molecule has 0 spiro atoms. The molecule has 1 atom stereocenters. The second-order valence-corrected chi connectivity index (χ2v) is 8.84. The molecule has 1 N–H and O–H groups in total. The first-order valence-corrected chi connectivity index (χ1v) is 11.3. The Bertz CT molecular complexity index is 1130. The molecule has 2 aliphatic rings. The molecule has 2 amide bonds. The van der Waals surface area contributed by atoms with E-state index in [2.05, 4.69) is 10.4 Å². The molecule has 2 aliphatic heterocycles. The molecule has 1 aromatic carbocycles. The van der Waals surface area contributed by atoms with Crippen LogP contribution < -0.4 is 5.32 Å². The van der Waals surface area contributed by atoms with Crippen LogP contribution in [0.1, 0.15) is 41.4 Å². The molecule has 0 bridgehead atoms. The second-order valence-electron chi connectivity index (χ2n) is 8.84. The Hall–Kier alpha value is -3.13. The van der Waals surface area contributed by atoms with E-state index in [1.54, 1.807) is 6.20 Å². The summed E-state index contributed by atoms with van der Waals surface area (Å²) in [6, 6.07) is 9.68. The average molecular weight is 436 g/mol. The Morgan fingerprint density at radius 2 is 2.00 bits per heavy atom. The van der Waals surface area contributed by atoms with Gasteiger partial charge in [0.25, 0.3) is 5.91 Å². The molecule has 32 heavy (non-hydrogen) atoms. The van der Waals surface area contributed by atoms with E-state index < -0.39 is 0 Å². The first kappa shape index (κ1) is 20.8. The monoisotopic (exact) mass is 435 g/mol. The fraction of sp³-hybridized carbons (Fsp3) is 0.458. The molecule has 2 aromatic heterocycles. The normalized spacial score (nSPS) is 19.2. The number of aryl methyl sites for hydroxylation is 1. The lowest BCUT2D eigenvalue weighted by Crippen LogP contribution is -2.43. The Kier molecular flexibility index (Phi) is 5.70. The maximum atomic E-state index is 13.5. The largest absolute Gasteiger partial charge is 0.381 e. The fourth-order valence-corrected chi connectivity index (χ4v) is 4.87. The van der Waals surface area contributed by atoms with E-state index in [1.165, 1.54) is 0 Å². The predicted octanol–water partition coefficient (Wildman–Crippen LogP) is 2.50. The molecule has 1 fully saturated rings. The van der Waals surface area contributed by atoms with Gasteiger partial charge in [0.1, 0.15) is 0 Å². The minimum Gasteiger partial charge on any atom is -0.381 e. The highest BCUT2D eigenvalue weighted by Crippen LogP contribution is 2.27. The van der Waals surface area contributed by atoms with Crippen LogP contribution in [0.15, 0.2) is 42.7 Å². The van der Waals surface area contributed by atoms with Crippen LogP contribution in [-0.4, -0.2) is 57.4 Å². The van der Waals surface area contributed by atoms with Crippen molar-refractivity contribution in [2.45, 2.75) is 31.8 Å². The summed E-state index contributed by atoms with van der Waals surface area (Å²) in [5.74, 6) is 0.466. The molecule has 1 unspecified atom stereocenters. The molecule has 8 nitrogen and oxygen atoms in total. The highest BCUT2D eigenvalue weighted by Gasteiger charge is 2.31. The Labute approximate surface area is 187 Å². The van der Waals surface area contributed by atoms with Crippen molar-refractivity contribution < 1.29 is 14.3 Å². The minimum absolute atomic E-state index is 0.00222. The zero-order chi connectivity index (χ0) is 22.1. The summed E-state index contributed by atoms with van der Waals surface area (Å²) in [6.45, 7) is 3.17. The van der Waals surface area contributed by atoms with Crippen molar-refractivity contribution in [2.24, 2.45) is 13.0 Å². The summed E-state index contributed by atoms with van der Waals surface area (Å²) >= 11 is 0. The highest BCUT2D eigenvalue weighted by atomic mass is 16.5. The molecule has 8 heteroatoms. The van der Waals surface area contributed by atoms with Crippen molar-refractivity contribution in [3.63, 3.8) is 0 Å². The quantitative estimate of drug-likeness (QED) is 0.668. The van der Waals surface area contributed by atoms with E-state index in [0.717, 1.165) is 42.7 Å². The van der Waals surface area contributed by atoms with Crippen molar-refractivity contribution in [3.05, 3.63) is 54.0 Å². The molecule has 4 heterocycles. The lowest BCUT2D eigenvalue weighted by atomic mass is 10.0. The molecule has 168 valence electrons. The van der Waals surface area contributed by atoms with Crippen LogP contribution in [0.4, 0.5) is 0 Å². The molecular weight excluding hydrogens is 406 g/mol. The van der Waals surface area contributed by atoms with E-state index in [9.17, 15) is 9.59 Å². The smallest absolute Gasteiger partial charge is 0.256 e. The third kappa shape index (κ3) is 4.02. The number of benzene rings is 1. The highest BCUT2D eigenvalue weighted by molar-refractivity contribution is 6.07. The number of nitrogens with one attached hydrogen (secondary N) is 1. The summed E-state index contributed by atoms with van der Waals surface area (Å²) in [5, 5.41) is 8.47. The molecule has 1 saturated heterocycles. The van der Waals surface area contributed by atoms with Crippen molar-refractivity contribution in [2.75, 3.05) is 26.3 Å². The molecule has 0 radical (unpaired) electrons. The number of hydrogen-bond donors (Lipinski definition) is 1. The summed E-state index contributed by atoms with van der Waals surface area (Å²) in [4.78, 5) is 28.1. The standard InChI is InChI=1S/C24H29N5O3/c1-27-16-21(20-4-2-3-5-22(20)27)24(31)28-14-18-6-9-26-29(18)19(15-28)12-23(30)25-13-17-7-10-32-11-8-17/h2-6,9,16-17,19H,7-8,10-15H2,1H3,(H,25,30). The van der Waals surface area contributed by atoms with Crippen LogP contribution in [0, 0.1) is 5.92 Å². The number of fused-ring (bicyclic) bond motifs is 2. The lowest BCUT2D eigenvalue weighted by molar-refractivity contribution is -0.122. The number of carbonyl (C=O) groups excluding carboxylic acids is 2. The predicted molar refractivity (Wildman–Crippen MR) is 120 cm³/mol. The number of ether oxygens (including phenoxy) is 1. The topological polar surface area (TPSA) is 81.4 Å². The van der Waals surface area contributed by atoms with Gasteiger partial charge in [0.2, 0.25) is 5.91 Å². The minimum atomic E-state index is -0.178. The average Bonchev–Trinajstić information content (AvgIpc) is 3.43. The van der Waals surface area contributed by atoms with Gasteiger partial charge in [0.15, 0.2) is 0 Å². The molecular formula is C24H29N5O3. The summed E-state index contributed by atoms with van der Waals surface area (Å²) in [6.07, 6.45) is 5.92. The van der Waals surface area contributed by atoms with Gasteiger partial charge in [-0.25, -0.2) is 0 Å². The number of rotatable bonds is 5. The van der Waals surface area contributed by atoms with Crippen molar-refractivity contribution in [3.8, 4) is 0 Å². The third-order valence-corrected chi connectivity index (χ3v) is 6.65. The van der Waals surface area contributed by atoms with Gasteiger partial charge in [-0.05, 0) is 30.9 Å². The maximum absolute atomic E-state index is 13.5. The van der Waals surface area contributed by atoms with Crippen LogP contribution in [0.5, 0.6) is 0 Å². The number of para-hydroxylation sites is 1. The SMILES string of the molecule is Cn1cc(C(=O)N2Cc3ccnn3C(CC(=O)NCC3CCOCC3)C2)c2ccccc21. The van der Waals surface area contributed by atoms with E-state index in [4.69, 9.17) is 4.74 Å². The van der Waals surface area contributed by atoms with Gasteiger partial charge in [-0.1, -0.05) is 18.2 Å². The van der Waals surface area contributed by atoms with Gasteiger partial charge in [0, 0.05) is 56.6 Å². The zero-order valence-electron chi connectivity index (χ0n) is 18.4. The van der Waals surface area contributed by atoms with Gasteiger partial charge in [-0.2, -0.15) is 5.10 Å². The van der Waals surface area contributed by atoms with Crippen LogP contribution in [0.2, 0.25) is 0 Å². The maximum Gasteiger partial charge on any atom is 0.256 e. The first-order chi connectivity index (χ1) is 15.6. The van der Waals surface area contributed by atoms with Crippen LogP contribution >= 0.6 is 0 Å². The molecule has 3 aromatic rings. The van der Waals surface area contributed by atoms with Gasteiger partial charge in [-0.3, -0.25) is 14.3 Å². The third-order valence-electron chi connectivity index (χ3n) is 6.65. The second kappa shape index (κ2) is 8.78. The first-order valence-electron chi connectivity index (χ1n) is 11.3. The van der Waals surface area contributed by atoms with Crippen molar-refractivity contribution >= 4 is 22.7 Å². The Morgan fingerprint density at radius 1 is 1.19 bits per heavy atom. The Balaban J connectivity index is 1.30.